The Hall–Kier alpha value is -3.02. The first-order chi connectivity index (χ1) is 20.0. The molecule has 0 radical (unpaired) electrons. The van der Waals surface area contributed by atoms with E-state index < -0.39 is 8.07 Å². The van der Waals surface area contributed by atoms with Crippen molar-refractivity contribution in [2.24, 2.45) is 5.41 Å². The molecule has 0 aliphatic carbocycles. The molecule has 0 fully saturated rings. The Morgan fingerprint density at radius 3 is 2.30 bits per heavy atom. The Morgan fingerprint density at radius 2 is 1.74 bits per heavy atom. The van der Waals surface area contributed by atoms with Crippen LogP contribution in [-0.4, -0.2) is 21.2 Å². The lowest BCUT2D eigenvalue weighted by molar-refractivity contribution is 0.223. The van der Waals surface area contributed by atoms with E-state index in [1.807, 2.05) is 18.2 Å². The predicted molar refractivity (Wildman–Crippen MR) is 184 cm³/mol. The van der Waals surface area contributed by atoms with Gasteiger partial charge in [0.1, 0.15) is 11.5 Å². The van der Waals surface area contributed by atoms with Crippen LogP contribution in [0.5, 0.6) is 0 Å². The molecule has 0 aromatic heterocycles. The third kappa shape index (κ3) is 6.30. The highest BCUT2D eigenvalue weighted by atomic mass is 28.3. The Bertz CT molecular complexity index is 1410. The van der Waals surface area contributed by atoms with Gasteiger partial charge in [0.15, 0.2) is 0 Å². The van der Waals surface area contributed by atoms with E-state index in [9.17, 15) is 5.26 Å². The van der Waals surface area contributed by atoms with Crippen molar-refractivity contribution in [2.45, 2.75) is 123 Å². The van der Waals surface area contributed by atoms with Gasteiger partial charge in [0.25, 0.3) is 5.70 Å². The summed E-state index contributed by atoms with van der Waals surface area (Å²) in [4.78, 5) is 6.14. The molecular weight excluding hydrogens is 543 g/mol. The molecule has 3 aliphatic heterocycles. The normalized spacial score (nSPS) is 21.3. The SMILES string of the molecule is [C-]#[N+]/C(C#N)=C1C=C(/C=C/c2cc3c4c(c2)C(C)(C)CCN4CCC3C[Si](C(C)C)(C(C)C)C(C)C)OC(C(C)(C)C)=C\1. The molecule has 3 heterocycles. The lowest BCUT2D eigenvalue weighted by Gasteiger charge is -2.50. The number of anilines is 1. The van der Waals surface area contributed by atoms with Gasteiger partial charge < -0.3 is 9.64 Å². The van der Waals surface area contributed by atoms with Crippen molar-refractivity contribution < 1.29 is 4.74 Å². The highest BCUT2D eigenvalue weighted by Crippen LogP contribution is 2.54. The van der Waals surface area contributed by atoms with Crippen molar-refractivity contribution in [1.29, 1.82) is 5.26 Å². The van der Waals surface area contributed by atoms with Crippen LogP contribution >= 0.6 is 0 Å². The second-order valence-electron chi connectivity index (χ2n) is 15.7. The van der Waals surface area contributed by atoms with Crippen molar-refractivity contribution in [3.8, 4) is 6.07 Å². The molecule has 4 nitrogen and oxygen atoms in total. The Labute approximate surface area is 263 Å². The number of allylic oxidation sites excluding steroid dienone is 6. The van der Waals surface area contributed by atoms with Gasteiger partial charge in [0, 0.05) is 24.2 Å². The summed E-state index contributed by atoms with van der Waals surface area (Å²) in [6, 6.07) is 8.28. The largest absolute Gasteiger partial charge is 0.461 e. The highest BCUT2D eigenvalue weighted by Gasteiger charge is 2.46. The van der Waals surface area contributed by atoms with Crippen molar-refractivity contribution in [3.63, 3.8) is 0 Å². The first-order valence-corrected chi connectivity index (χ1v) is 18.7. The summed E-state index contributed by atoms with van der Waals surface area (Å²) in [5, 5.41) is 9.58. The number of ether oxygens (including phenoxy) is 1. The average molecular weight is 596 g/mol. The molecule has 1 atom stereocenters. The quantitative estimate of drug-likeness (QED) is 0.179. The maximum atomic E-state index is 9.58. The molecule has 43 heavy (non-hydrogen) atoms. The van der Waals surface area contributed by atoms with Crippen molar-refractivity contribution in [2.75, 3.05) is 18.0 Å². The van der Waals surface area contributed by atoms with Crippen molar-refractivity contribution in [3.05, 3.63) is 81.3 Å². The van der Waals surface area contributed by atoms with E-state index in [0.717, 1.165) is 41.9 Å². The van der Waals surface area contributed by atoms with Gasteiger partial charge in [-0.05, 0) is 82.8 Å². The summed E-state index contributed by atoms with van der Waals surface area (Å²) in [6.07, 6.45) is 10.3. The van der Waals surface area contributed by atoms with Gasteiger partial charge >= 0.3 is 0 Å². The lowest BCUT2D eigenvalue weighted by atomic mass is 9.73. The third-order valence-corrected chi connectivity index (χ3v) is 18.4. The lowest BCUT2D eigenvalue weighted by Crippen LogP contribution is -2.47. The molecule has 0 spiro atoms. The molecule has 3 aliphatic rings. The summed E-state index contributed by atoms with van der Waals surface area (Å²) in [7, 11) is -1.59. The van der Waals surface area contributed by atoms with Crippen LogP contribution in [0.1, 0.15) is 112 Å². The van der Waals surface area contributed by atoms with Crippen molar-refractivity contribution >= 4 is 19.8 Å². The van der Waals surface area contributed by atoms with E-state index >= 15 is 0 Å². The fraction of sp³-hybridized carbons (Fsp3) is 0.579. The van der Waals surface area contributed by atoms with E-state index in [4.69, 9.17) is 11.3 Å². The van der Waals surface area contributed by atoms with Gasteiger partial charge in [-0.15, -0.1) is 0 Å². The second kappa shape index (κ2) is 12.2. The molecule has 1 unspecified atom stereocenters. The summed E-state index contributed by atoms with van der Waals surface area (Å²) in [5.41, 5.74) is 8.54. The molecule has 1 aromatic carbocycles. The summed E-state index contributed by atoms with van der Waals surface area (Å²) < 4.78 is 6.33. The first-order valence-electron chi connectivity index (χ1n) is 16.3. The number of hydrogen-bond donors (Lipinski definition) is 0. The fourth-order valence-electron chi connectivity index (χ4n) is 8.10. The van der Waals surface area contributed by atoms with Crippen LogP contribution in [0, 0.1) is 23.3 Å². The van der Waals surface area contributed by atoms with E-state index in [2.05, 4.69) is 110 Å². The van der Waals surface area contributed by atoms with E-state index in [1.54, 1.807) is 5.56 Å². The Balaban J connectivity index is 1.82. The number of nitriles is 1. The zero-order valence-corrected chi connectivity index (χ0v) is 29.6. The molecule has 5 heteroatoms. The van der Waals surface area contributed by atoms with Crippen LogP contribution in [0.3, 0.4) is 0 Å². The molecule has 0 saturated heterocycles. The molecular formula is C38H53N3OSi. The van der Waals surface area contributed by atoms with Gasteiger partial charge in [-0.3, -0.25) is 0 Å². The van der Waals surface area contributed by atoms with Gasteiger partial charge in [-0.2, -0.15) is 0 Å². The van der Waals surface area contributed by atoms with E-state index in [1.165, 1.54) is 29.3 Å². The zero-order chi connectivity index (χ0) is 31.9. The number of rotatable bonds is 7. The number of hydrogen-bond acceptors (Lipinski definition) is 3. The maximum Gasteiger partial charge on any atom is 0.269 e. The topological polar surface area (TPSA) is 40.6 Å². The molecule has 230 valence electrons. The van der Waals surface area contributed by atoms with E-state index in [-0.39, 0.29) is 16.5 Å². The summed E-state index contributed by atoms with van der Waals surface area (Å²) in [6.45, 7) is 35.8. The average Bonchev–Trinajstić information content (AvgIpc) is 2.92. The highest BCUT2D eigenvalue weighted by molar-refractivity contribution is 6.83. The van der Waals surface area contributed by atoms with Crippen LogP contribution < -0.4 is 4.90 Å². The van der Waals surface area contributed by atoms with Crippen LogP contribution in [0.2, 0.25) is 22.7 Å². The standard InChI is InChI=1S/C38H53N3OSi/c1-25(2)43(26(3)4,27(5)6)24-29-15-17-41-18-16-38(10,11)33-20-28(19-32(29)36(33)41)13-14-31-21-30(34(23-39)40-12)22-35(42-31)37(7,8)9/h13-14,19-22,25-27,29H,15-18,24H2,1-11H3/b14-13+,34-30+. The zero-order valence-electron chi connectivity index (χ0n) is 28.6. The van der Waals surface area contributed by atoms with Crippen LogP contribution in [0.25, 0.3) is 10.9 Å². The molecule has 0 saturated carbocycles. The summed E-state index contributed by atoms with van der Waals surface area (Å²) in [5.74, 6) is 2.00. The van der Waals surface area contributed by atoms with Crippen LogP contribution in [0.15, 0.2) is 53.1 Å². The number of benzene rings is 1. The third-order valence-electron chi connectivity index (χ3n) is 10.7. The maximum absolute atomic E-state index is 9.58. The van der Waals surface area contributed by atoms with Crippen LogP contribution in [0.4, 0.5) is 5.69 Å². The molecule has 0 amide bonds. The van der Waals surface area contributed by atoms with Gasteiger partial charge in [0.2, 0.25) is 0 Å². The molecule has 0 bridgehead atoms. The molecule has 1 aromatic rings. The first kappa shape index (κ1) is 32.9. The second-order valence-corrected chi connectivity index (χ2v) is 21.8. The van der Waals surface area contributed by atoms with Crippen LogP contribution in [-0.2, 0) is 10.2 Å². The fourth-order valence-corrected chi connectivity index (χ4v) is 14.8. The van der Waals surface area contributed by atoms with Crippen molar-refractivity contribution in [1.82, 2.24) is 0 Å². The minimum absolute atomic E-state index is 0.0898. The van der Waals surface area contributed by atoms with Gasteiger partial charge in [-0.1, -0.05) is 98.9 Å². The minimum atomic E-state index is -1.59. The van der Waals surface area contributed by atoms with Gasteiger partial charge in [-0.25, -0.2) is 10.1 Å². The summed E-state index contributed by atoms with van der Waals surface area (Å²) >= 11 is 0. The minimum Gasteiger partial charge on any atom is -0.461 e. The predicted octanol–water partition coefficient (Wildman–Crippen LogP) is 10.9. The molecule has 4 rings (SSSR count). The van der Waals surface area contributed by atoms with Gasteiger partial charge in [0.05, 0.1) is 20.7 Å². The monoisotopic (exact) mass is 595 g/mol. The van der Waals surface area contributed by atoms with E-state index in [0.29, 0.717) is 17.3 Å². The smallest absolute Gasteiger partial charge is 0.269 e. The number of nitrogens with zero attached hydrogens (tertiary/aromatic N) is 3. The Morgan fingerprint density at radius 1 is 1.09 bits per heavy atom. The molecule has 0 N–H and O–H groups in total. The Kier molecular flexibility index (Phi) is 9.30.